The van der Waals surface area contributed by atoms with Gasteiger partial charge in [-0.25, -0.2) is 9.78 Å². The molecule has 0 radical (unpaired) electrons. The topological polar surface area (TPSA) is 193 Å². The minimum absolute atomic E-state index is 0.0374. The Bertz CT molecular complexity index is 2050. The van der Waals surface area contributed by atoms with E-state index >= 15 is 0 Å². The van der Waals surface area contributed by atoms with Crippen molar-refractivity contribution in [1.29, 1.82) is 0 Å². The van der Waals surface area contributed by atoms with Crippen LogP contribution in [-0.4, -0.2) is 118 Å². The Hall–Kier alpha value is -3.89. The summed E-state index contributed by atoms with van der Waals surface area (Å²) in [7, 11) is 0.417. The van der Waals surface area contributed by atoms with Gasteiger partial charge >= 0.3 is 13.2 Å². The van der Waals surface area contributed by atoms with E-state index in [0.29, 0.717) is 30.1 Å². The van der Waals surface area contributed by atoms with Crippen molar-refractivity contribution in [3.63, 3.8) is 0 Å². The molecule has 1 aromatic carbocycles. The zero-order chi connectivity index (χ0) is 49.6. The van der Waals surface area contributed by atoms with E-state index in [0.717, 1.165) is 48.5 Å². The van der Waals surface area contributed by atoms with Crippen LogP contribution >= 0.6 is 0 Å². The summed E-state index contributed by atoms with van der Waals surface area (Å²) < 4.78 is 18.7. The quantitative estimate of drug-likeness (QED) is 0.0659. The summed E-state index contributed by atoms with van der Waals surface area (Å²) >= 11 is 0. The Morgan fingerprint density at radius 2 is 1.65 bits per heavy atom. The van der Waals surface area contributed by atoms with Crippen molar-refractivity contribution in [3.8, 4) is 0 Å². The van der Waals surface area contributed by atoms with Crippen LogP contribution in [-0.2, 0) is 25.3 Å². The average molecular weight is 956 g/mol. The van der Waals surface area contributed by atoms with E-state index < -0.39 is 68.0 Å². The molecule has 15 heteroatoms. The van der Waals surface area contributed by atoms with Gasteiger partial charge in [0.2, 0.25) is 5.91 Å². The maximum absolute atomic E-state index is 14.1. The molecular formula is C54H82BN5O9. The van der Waals surface area contributed by atoms with Gasteiger partial charge in [0.1, 0.15) is 23.9 Å². The van der Waals surface area contributed by atoms with E-state index in [4.69, 9.17) is 14.0 Å². The number of carbonyl (C=O) groups is 3. The van der Waals surface area contributed by atoms with E-state index in [2.05, 4.69) is 61.3 Å². The number of hydrogen-bond donors (Lipinski definition) is 5. The number of ether oxygens (including phenoxy) is 1. The zero-order valence-corrected chi connectivity index (χ0v) is 42.6. The molecule has 6 unspecified atom stereocenters. The van der Waals surface area contributed by atoms with Gasteiger partial charge in [0.25, 0.3) is 5.91 Å². The molecule has 1 aromatic heterocycles. The van der Waals surface area contributed by atoms with Crippen molar-refractivity contribution in [2.45, 2.75) is 174 Å². The summed E-state index contributed by atoms with van der Waals surface area (Å²) in [5.74, 6) is 2.67. The normalized spacial score (nSPS) is 30.8. The number of fused-ring (bicyclic) bond motifs is 5. The number of nitrogens with zero attached hydrogens (tertiary/aromatic N) is 3. The number of carbonyl (C=O) groups excluding carboxylic acids is 3. The first-order valence-electron chi connectivity index (χ1n) is 26.2. The molecule has 3 saturated carbocycles. The van der Waals surface area contributed by atoms with Crippen molar-refractivity contribution in [2.75, 3.05) is 20.2 Å². The third kappa shape index (κ3) is 12.2. The number of aliphatic hydroxyl groups excluding tert-OH is 3. The molecule has 380 valence electrons. The number of allylic oxidation sites excluding steroid dienone is 1. The van der Waals surface area contributed by atoms with Gasteiger partial charge in [0.15, 0.2) is 0 Å². The molecule has 5 N–H and O–H groups in total. The van der Waals surface area contributed by atoms with Gasteiger partial charge in [-0.3, -0.25) is 14.6 Å². The Morgan fingerprint density at radius 1 is 0.913 bits per heavy atom. The fraction of sp³-hybridized carbons (Fsp3) is 0.722. The van der Waals surface area contributed by atoms with Crippen LogP contribution in [0.15, 0.2) is 60.6 Å². The third-order valence-corrected chi connectivity index (χ3v) is 17.2. The highest BCUT2D eigenvalue weighted by Crippen LogP contribution is 2.67. The molecule has 2 heterocycles. The highest BCUT2D eigenvalue weighted by Gasteiger charge is 2.59. The molecule has 5 aliphatic rings. The molecule has 3 amide bonds. The molecule has 0 spiro atoms. The predicted octanol–water partition coefficient (Wildman–Crippen LogP) is 7.35. The van der Waals surface area contributed by atoms with Crippen molar-refractivity contribution >= 4 is 25.0 Å². The van der Waals surface area contributed by atoms with Gasteiger partial charge in [0, 0.05) is 32.3 Å². The molecule has 0 bridgehead atoms. The van der Waals surface area contributed by atoms with Crippen LogP contribution in [0.25, 0.3) is 0 Å². The molecule has 4 aliphatic carbocycles. The minimum atomic E-state index is -1.43. The predicted molar refractivity (Wildman–Crippen MR) is 265 cm³/mol. The summed E-state index contributed by atoms with van der Waals surface area (Å²) in [6.07, 6.45) is 14.1. The maximum Gasteiger partial charge on any atom is 0.481 e. The lowest BCUT2D eigenvalue weighted by Gasteiger charge is -2.58. The van der Waals surface area contributed by atoms with Crippen molar-refractivity contribution in [1.82, 2.24) is 25.5 Å². The monoisotopic (exact) mass is 956 g/mol. The van der Waals surface area contributed by atoms with E-state index in [9.17, 15) is 29.7 Å². The highest BCUT2D eigenvalue weighted by atomic mass is 16.7. The molecule has 1 aliphatic heterocycles. The second kappa shape index (κ2) is 23.1. The fourth-order valence-electron chi connectivity index (χ4n) is 13.6. The van der Waals surface area contributed by atoms with Crippen LogP contribution in [0.4, 0.5) is 4.79 Å². The largest absolute Gasteiger partial charge is 0.481 e. The van der Waals surface area contributed by atoms with Gasteiger partial charge in [0.05, 0.1) is 43.6 Å². The first kappa shape index (κ1) is 52.9. The van der Waals surface area contributed by atoms with Crippen LogP contribution in [0.1, 0.15) is 142 Å². The Kier molecular flexibility index (Phi) is 17.7. The third-order valence-electron chi connectivity index (χ3n) is 17.2. The van der Waals surface area contributed by atoms with E-state index in [1.54, 1.807) is 7.05 Å². The SMILES string of the molecule is CC(C)CCC[C@@H](C)C1CCC2C3CC=C4C[C@@H](OC(=O)N(C)C[C@@H](O)C5OB([C@H](CC(C)C)NC(=O)[C@H](Cc6ccccc6)NC(=O)c6cnccn6)O[C@@H]5C(O)CO)CC[C@]4(C)C3CC[C@@]21C. The first-order valence-corrected chi connectivity index (χ1v) is 26.2. The van der Waals surface area contributed by atoms with Crippen molar-refractivity contribution < 1.29 is 43.7 Å². The Morgan fingerprint density at radius 3 is 2.33 bits per heavy atom. The highest BCUT2D eigenvalue weighted by molar-refractivity contribution is 6.47. The van der Waals surface area contributed by atoms with Gasteiger partial charge < -0.3 is 44.9 Å². The van der Waals surface area contributed by atoms with Crippen LogP contribution in [0.3, 0.4) is 0 Å². The Balaban J connectivity index is 0.962. The molecule has 14 nitrogen and oxygen atoms in total. The number of amides is 3. The first-order chi connectivity index (χ1) is 32.9. The number of likely N-dealkylation sites (N-methyl/N-ethyl adjacent to an activating group) is 1. The van der Waals surface area contributed by atoms with E-state index in [1.165, 1.54) is 74.0 Å². The molecule has 2 aromatic rings. The zero-order valence-electron chi connectivity index (χ0n) is 42.6. The number of rotatable bonds is 20. The van der Waals surface area contributed by atoms with Crippen molar-refractivity contribution in [2.24, 2.45) is 52.3 Å². The van der Waals surface area contributed by atoms with Gasteiger partial charge in [-0.15, -0.1) is 0 Å². The van der Waals surface area contributed by atoms with Crippen LogP contribution in [0.5, 0.6) is 0 Å². The number of hydrogen-bond acceptors (Lipinski definition) is 11. The summed E-state index contributed by atoms with van der Waals surface area (Å²) in [6, 6.07) is 8.26. The summed E-state index contributed by atoms with van der Waals surface area (Å²) in [5, 5.41) is 38.5. The fourth-order valence-corrected chi connectivity index (χ4v) is 13.6. The lowest BCUT2D eigenvalue weighted by Crippen LogP contribution is -2.55. The lowest BCUT2D eigenvalue weighted by atomic mass is 9.47. The lowest BCUT2D eigenvalue weighted by molar-refractivity contribution is -0.123. The summed E-state index contributed by atoms with van der Waals surface area (Å²) in [5.41, 5.74) is 2.83. The van der Waals surface area contributed by atoms with Crippen LogP contribution in [0.2, 0.25) is 0 Å². The second-order valence-electron chi connectivity index (χ2n) is 22.9. The number of nitrogens with one attached hydrogen (secondary N) is 2. The second-order valence-corrected chi connectivity index (χ2v) is 22.9. The molecule has 69 heavy (non-hydrogen) atoms. The summed E-state index contributed by atoms with van der Waals surface area (Å²) in [4.78, 5) is 50.5. The summed E-state index contributed by atoms with van der Waals surface area (Å²) in [6.45, 7) is 15.4. The molecular weight excluding hydrogens is 873 g/mol. The number of aromatic nitrogens is 2. The standard InChI is InChI=1S/C54H82BN5O9/c1-33(2)13-12-14-35(5)40-19-20-41-39-18-17-37-29-38(21-23-53(37,6)42(39)22-24-54(40,41)7)67-52(66)60(8)31-45(62)48-49(46(63)32-61)69-55(68-48)47(27-34(3)4)59-50(64)43(28-36-15-10-9-11-16-36)58-51(65)44-30-56-25-26-57-44/h9-11,15-17,25-26,30,33-35,38-43,45-49,61-63H,12-14,18-24,27-29,31-32H2,1-8H3,(H,58,65)(H,59,64)/t35-,38+,39?,40?,41?,42?,43+,45-,46?,47+,48?,49-,53+,54-/m1/s1. The number of benzene rings is 1. The average Bonchev–Trinajstić information content (AvgIpc) is 3.93. The number of aliphatic hydroxyl groups is 3. The van der Waals surface area contributed by atoms with Crippen LogP contribution < -0.4 is 10.6 Å². The van der Waals surface area contributed by atoms with Crippen molar-refractivity contribution in [3.05, 3.63) is 71.8 Å². The molecule has 14 atom stereocenters. The van der Waals surface area contributed by atoms with E-state index in [1.807, 2.05) is 44.2 Å². The minimum Gasteiger partial charge on any atom is -0.446 e. The van der Waals surface area contributed by atoms with Gasteiger partial charge in [-0.2, -0.15) is 0 Å². The Labute approximate surface area is 411 Å². The van der Waals surface area contributed by atoms with Gasteiger partial charge in [-0.1, -0.05) is 110 Å². The molecule has 4 fully saturated rings. The molecule has 7 rings (SSSR count). The van der Waals surface area contributed by atoms with Crippen LogP contribution in [0, 0.1) is 52.3 Å². The maximum atomic E-state index is 14.1. The smallest absolute Gasteiger partial charge is 0.446 e. The van der Waals surface area contributed by atoms with E-state index in [-0.39, 0.29) is 36.1 Å². The molecule has 1 saturated heterocycles. The van der Waals surface area contributed by atoms with Gasteiger partial charge in [-0.05, 0) is 109 Å².